The van der Waals surface area contributed by atoms with Crippen molar-refractivity contribution in [2.45, 2.75) is 0 Å². The molecule has 0 aromatic heterocycles. The van der Waals surface area contributed by atoms with Crippen LogP contribution in [0.5, 0.6) is 5.75 Å². The summed E-state index contributed by atoms with van der Waals surface area (Å²) in [5.74, 6) is -0.204. The van der Waals surface area contributed by atoms with E-state index in [4.69, 9.17) is 21.1 Å². The summed E-state index contributed by atoms with van der Waals surface area (Å²) >= 11 is 6.10. The molecule has 7 nitrogen and oxygen atoms in total. The standard InChI is InChI=1S/C21H24ClFN4O3/c1-29-19-6-5-16(22)14-18(19)25-21(24-7-8-27-9-11-30-12-10-27)26-20(28)15-3-2-4-17(23)13-15/h2-6,13-14H,7-12H2,1H3,(H2,24,25,26,28). The van der Waals surface area contributed by atoms with Crippen molar-refractivity contribution in [3.63, 3.8) is 0 Å². The number of rotatable bonds is 6. The number of halogens is 2. The van der Waals surface area contributed by atoms with Crippen LogP contribution >= 0.6 is 11.6 Å². The fraction of sp³-hybridized carbons (Fsp3) is 0.333. The van der Waals surface area contributed by atoms with Crippen LogP contribution in [0.25, 0.3) is 0 Å². The van der Waals surface area contributed by atoms with Gasteiger partial charge in [0.25, 0.3) is 5.91 Å². The molecule has 9 heteroatoms. The van der Waals surface area contributed by atoms with Crippen molar-refractivity contribution in [2.24, 2.45) is 4.99 Å². The lowest BCUT2D eigenvalue weighted by molar-refractivity contribution is 0.0394. The van der Waals surface area contributed by atoms with Crippen molar-refractivity contribution in [3.05, 3.63) is 58.9 Å². The zero-order valence-corrected chi connectivity index (χ0v) is 17.4. The number of aliphatic imine (C=N–C) groups is 1. The quantitative estimate of drug-likeness (QED) is 0.540. The van der Waals surface area contributed by atoms with Gasteiger partial charge in [0.15, 0.2) is 0 Å². The van der Waals surface area contributed by atoms with Gasteiger partial charge in [0.2, 0.25) is 5.96 Å². The minimum Gasteiger partial charge on any atom is -0.495 e. The van der Waals surface area contributed by atoms with Gasteiger partial charge in [-0.25, -0.2) is 4.39 Å². The number of ether oxygens (including phenoxy) is 2. The number of benzene rings is 2. The number of nitrogens with zero attached hydrogens (tertiary/aromatic N) is 2. The fourth-order valence-electron chi connectivity index (χ4n) is 2.95. The Kier molecular flexibility index (Phi) is 8.01. The SMILES string of the molecule is COc1ccc(Cl)cc1NC(=NCCN1CCOCC1)NC(=O)c1cccc(F)c1. The molecule has 3 rings (SSSR count). The molecule has 1 aliphatic rings. The molecule has 0 atom stereocenters. The Morgan fingerprint density at radius 1 is 1.27 bits per heavy atom. The fourth-order valence-corrected chi connectivity index (χ4v) is 3.13. The number of hydrogen-bond donors (Lipinski definition) is 2. The largest absolute Gasteiger partial charge is 0.495 e. The van der Waals surface area contributed by atoms with Gasteiger partial charge in [-0.2, -0.15) is 0 Å². The molecule has 1 fully saturated rings. The maximum Gasteiger partial charge on any atom is 0.258 e. The van der Waals surface area contributed by atoms with E-state index in [1.54, 1.807) is 18.2 Å². The van der Waals surface area contributed by atoms with E-state index in [1.807, 2.05) is 0 Å². The normalized spacial score (nSPS) is 15.0. The first kappa shape index (κ1) is 22.0. The second-order valence-corrected chi connectivity index (χ2v) is 7.05. The zero-order chi connectivity index (χ0) is 21.3. The molecule has 160 valence electrons. The summed E-state index contributed by atoms with van der Waals surface area (Å²) in [6.45, 7) is 4.26. The number of guanidine groups is 1. The van der Waals surface area contributed by atoms with E-state index in [2.05, 4.69) is 20.5 Å². The third-order valence-electron chi connectivity index (χ3n) is 4.52. The lowest BCUT2D eigenvalue weighted by Crippen LogP contribution is -2.39. The average molecular weight is 435 g/mol. The van der Waals surface area contributed by atoms with Gasteiger partial charge in [-0.05, 0) is 36.4 Å². The molecule has 0 spiro atoms. The van der Waals surface area contributed by atoms with E-state index in [0.29, 0.717) is 36.2 Å². The van der Waals surface area contributed by atoms with E-state index in [-0.39, 0.29) is 11.5 Å². The highest BCUT2D eigenvalue weighted by Crippen LogP contribution is 2.27. The van der Waals surface area contributed by atoms with Crippen molar-refractivity contribution in [1.29, 1.82) is 0 Å². The lowest BCUT2D eigenvalue weighted by Gasteiger charge is -2.25. The minimum absolute atomic E-state index is 0.190. The third kappa shape index (κ3) is 6.41. The number of anilines is 1. The number of morpholine rings is 1. The van der Waals surface area contributed by atoms with Crippen molar-refractivity contribution in [3.8, 4) is 5.75 Å². The van der Waals surface area contributed by atoms with Gasteiger partial charge in [0.05, 0.1) is 32.6 Å². The number of methoxy groups -OCH3 is 1. The van der Waals surface area contributed by atoms with Crippen molar-refractivity contribution in [2.75, 3.05) is 51.8 Å². The molecule has 0 aliphatic carbocycles. The van der Waals surface area contributed by atoms with E-state index >= 15 is 0 Å². The van der Waals surface area contributed by atoms with Crippen LogP contribution in [0, 0.1) is 5.82 Å². The number of nitrogens with one attached hydrogen (secondary N) is 2. The van der Waals surface area contributed by atoms with Crippen LogP contribution in [0.2, 0.25) is 5.02 Å². The average Bonchev–Trinajstić information content (AvgIpc) is 2.74. The number of carbonyl (C=O) groups is 1. The Hall–Kier alpha value is -2.68. The summed E-state index contributed by atoms with van der Waals surface area (Å²) in [5, 5.41) is 6.28. The summed E-state index contributed by atoms with van der Waals surface area (Å²) in [4.78, 5) is 19.3. The molecule has 1 aliphatic heterocycles. The highest BCUT2D eigenvalue weighted by Gasteiger charge is 2.14. The number of carbonyl (C=O) groups excluding carboxylic acids is 1. The van der Waals surface area contributed by atoms with Gasteiger partial charge in [-0.3, -0.25) is 20.0 Å². The van der Waals surface area contributed by atoms with Crippen LogP contribution in [-0.2, 0) is 4.74 Å². The van der Waals surface area contributed by atoms with Crippen molar-refractivity contribution >= 4 is 29.2 Å². The molecule has 30 heavy (non-hydrogen) atoms. The maximum atomic E-state index is 13.5. The summed E-state index contributed by atoms with van der Waals surface area (Å²) < 4.78 is 24.2. The molecule has 1 amide bonds. The highest BCUT2D eigenvalue weighted by atomic mass is 35.5. The Morgan fingerprint density at radius 3 is 2.80 bits per heavy atom. The summed E-state index contributed by atoms with van der Waals surface area (Å²) in [7, 11) is 1.54. The van der Waals surface area contributed by atoms with Crippen LogP contribution < -0.4 is 15.4 Å². The molecule has 0 bridgehead atoms. The molecule has 0 saturated carbocycles. The van der Waals surface area contributed by atoms with Gasteiger partial charge in [-0.15, -0.1) is 0 Å². The monoisotopic (exact) mass is 434 g/mol. The molecule has 2 aromatic rings. The first-order chi connectivity index (χ1) is 14.5. The van der Waals surface area contributed by atoms with E-state index in [0.717, 1.165) is 19.6 Å². The van der Waals surface area contributed by atoms with E-state index in [1.165, 1.54) is 31.4 Å². The topological polar surface area (TPSA) is 75.2 Å². The van der Waals surface area contributed by atoms with E-state index < -0.39 is 11.7 Å². The summed E-state index contributed by atoms with van der Waals surface area (Å²) in [5.41, 5.74) is 0.741. The lowest BCUT2D eigenvalue weighted by atomic mass is 10.2. The Balaban J connectivity index is 1.76. The summed E-state index contributed by atoms with van der Waals surface area (Å²) in [6, 6.07) is 10.5. The highest BCUT2D eigenvalue weighted by molar-refractivity contribution is 6.31. The van der Waals surface area contributed by atoms with Crippen molar-refractivity contribution in [1.82, 2.24) is 10.2 Å². The molecule has 2 aromatic carbocycles. The predicted octanol–water partition coefficient (Wildman–Crippen LogP) is 3.02. The molecular formula is C21H24ClFN4O3. The number of hydrogen-bond acceptors (Lipinski definition) is 5. The van der Waals surface area contributed by atoms with Crippen molar-refractivity contribution < 1.29 is 18.7 Å². The minimum atomic E-state index is -0.488. The Labute approximate surface area is 179 Å². The molecular weight excluding hydrogens is 411 g/mol. The number of amides is 1. The van der Waals surface area contributed by atoms with E-state index in [9.17, 15) is 9.18 Å². The maximum absolute atomic E-state index is 13.5. The second-order valence-electron chi connectivity index (χ2n) is 6.62. The summed E-state index contributed by atoms with van der Waals surface area (Å²) in [6.07, 6.45) is 0. The van der Waals surface area contributed by atoms with Gasteiger partial charge in [0, 0.05) is 30.2 Å². The van der Waals surface area contributed by atoms with Crippen LogP contribution in [0.15, 0.2) is 47.5 Å². The zero-order valence-electron chi connectivity index (χ0n) is 16.7. The van der Waals surface area contributed by atoms with Crippen LogP contribution in [0.3, 0.4) is 0 Å². The van der Waals surface area contributed by atoms with Gasteiger partial charge < -0.3 is 14.8 Å². The van der Waals surface area contributed by atoms with Crippen LogP contribution in [-0.4, -0.2) is 63.3 Å². The predicted molar refractivity (Wildman–Crippen MR) is 115 cm³/mol. The molecule has 0 radical (unpaired) electrons. The molecule has 1 heterocycles. The first-order valence-electron chi connectivity index (χ1n) is 9.57. The molecule has 0 unspecified atom stereocenters. The Bertz CT molecular complexity index is 904. The van der Waals surface area contributed by atoms with Crippen LogP contribution in [0.1, 0.15) is 10.4 Å². The smallest absolute Gasteiger partial charge is 0.258 e. The Morgan fingerprint density at radius 2 is 2.07 bits per heavy atom. The second kappa shape index (κ2) is 10.9. The molecule has 1 saturated heterocycles. The molecule has 2 N–H and O–H groups in total. The first-order valence-corrected chi connectivity index (χ1v) is 9.95. The van der Waals surface area contributed by atoms with Gasteiger partial charge >= 0.3 is 0 Å². The van der Waals surface area contributed by atoms with Gasteiger partial charge in [0.1, 0.15) is 11.6 Å². The van der Waals surface area contributed by atoms with Crippen LogP contribution in [0.4, 0.5) is 10.1 Å². The van der Waals surface area contributed by atoms with Gasteiger partial charge in [-0.1, -0.05) is 17.7 Å². The third-order valence-corrected chi connectivity index (χ3v) is 4.76.